The highest BCUT2D eigenvalue weighted by Crippen LogP contribution is 2.20. The van der Waals surface area contributed by atoms with Crippen molar-refractivity contribution in [3.63, 3.8) is 0 Å². The number of benzene rings is 1. The van der Waals surface area contributed by atoms with Gasteiger partial charge in [-0.3, -0.25) is 4.79 Å². The first-order valence-electron chi connectivity index (χ1n) is 5.14. The third-order valence-electron chi connectivity index (χ3n) is 2.22. The van der Waals surface area contributed by atoms with Crippen LogP contribution in [0, 0.1) is 12.7 Å². The summed E-state index contributed by atoms with van der Waals surface area (Å²) in [5.41, 5.74) is 0.677. The molecule has 0 aliphatic heterocycles. The molecule has 0 heterocycles. The molecule has 88 valence electrons. The van der Waals surface area contributed by atoms with E-state index < -0.39 is 5.82 Å². The zero-order valence-electron chi connectivity index (χ0n) is 9.60. The zero-order chi connectivity index (χ0) is 12.3. The number of halogens is 2. The number of carbonyl (C=O) groups is 1. The van der Waals surface area contributed by atoms with Gasteiger partial charge in [0.15, 0.2) is 5.78 Å². The summed E-state index contributed by atoms with van der Waals surface area (Å²) >= 11 is 5.90. The summed E-state index contributed by atoms with van der Waals surface area (Å²) in [6.07, 6.45) is 0. The van der Waals surface area contributed by atoms with Crippen molar-refractivity contribution in [2.24, 2.45) is 0 Å². The second kappa shape index (κ2) is 5.41. The molecule has 16 heavy (non-hydrogen) atoms. The number of hydrogen-bond donors (Lipinski definition) is 1. The SMILES string of the molecule is Cc1cc(Cl)c(C(=O)CNC(C)C)cc1F. The number of nitrogens with one attached hydrogen (secondary N) is 1. The lowest BCUT2D eigenvalue weighted by atomic mass is 10.1. The van der Waals surface area contributed by atoms with E-state index in [0.29, 0.717) is 10.6 Å². The first kappa shape index (κ1) is 13.1. The quantitative estimate of drug-likeness (QED) is 0.824. The average Bonchev–Trinajstić information content (AvgIpc) is 2.20. The fourth-order valence-electron chi connectivity index (χ4n) is 1.25. The van der Waals surface area contributed by atoms with Crippen molar-refractivity contribution in [2.75, 3.05) is 6.54 Å². The summed E-state index contributed by atoms with van der Waals surface area (Å²) in [7, 11) is 0. The monoisotopic (exact) mass is 243 g/mol. The molecule has 0 saturated carbocycles. The highest BCUT2D eigenvalue weighted by Gasteiger charge is 2.13. The second-order valence-corrected chi connectivity index (χ2v) is 4.45. The maximum atomic E-state index is 13.3. The van der Waals surface area contributed by atoms with Crippen molar-refractivity contribution >= 4 is 17.4 Å². The van der Waals surface area contributed by atoms with Crippen LogP contribution < -0.4 is 5.32 Å². The van der Waals surface area contributed by atoms with Crippen LogP contribution in [-0.2, 0) is 0 Å². The first-order valence-corrected chi connectivity index (χ1v) is 5.52. The molecule has 0 bridgehead atoms. The Hall–Kier alpha value is -0.930. The van der Waals surface area contributed by atoms with Crippen molar-refractivity contribution < 1.29 is 9.18 Å². The third kappa shape index (κ3) is 3.29. The standard InChI is InChI=1S/C12H15ClFNO/c1-7(2)15-6-12(16)9-5-11(14)8(3)4-10(9)13/h4-5,7,15H,6H2,1-3H3. The summed E-state index contributed by atoms with van der Waals surface area (Å²) < 4.78 is 13.3. The van der Waals surface area contributed by atoms with Gasteiger partial charge >= 0.3 is 0 Å². The van der Waals surface area contributed by atoms with E-state index >= 15 is 0 Å². The van der Waals surface area contributed by atoms with Crippen LogP contribution in [-0.4, -0.2) is 18.4 Å². The maximum Gasteiger partial charge on any atom is 0.178 e. The van der Waals surface area contributed by atoms with Gasteiger partial charge in [-0.2, -0.15) is 0 Å². The molecule has 0 aromatic heterocycles. The molecule has 0 aliphatic rings. The molecule has 0 fully saturated rings. The van der Waals surface area contributed by atoms with Crippen molar-refractivity contribution in [1.82, 2.24) is 5.32 Å². The predicted molar refractivity (Wildman–Crippen MR) is 63.6 cm³/mol. The van der Waals surface area contributed by atoms with Crippen LogP contribution in [0.3, 0.4) is 0 Å². The summed E-state index contributed by atoms with van der Waals surface area (Å²) in [4.78, 5) is 11.7. The van der Waals surface area contributed by atoms with Crippen LogP contribution in [0.5, 0.6) is 0 Å². The molecule has 1 rings (SSSR count). The van der Waals surface area contributed by atoms with E-state index in [0.717, 1.165) is 0 Å². The first-order chi connectivity index (χ1) is 7.41. The zero-order valence-corrected chi connectivity index (χ0v) is 10.4. The Morgan fingerprint density at radius 2 is 2.12 bits per heavy atom. The molecule has 4 heteroatoms. The summed E-state index contributed by atoms with van der Waals surface area (Å²) in [6, 6.07) is 2.87. The number of ketones is 1. The van der Waals surface area contributed by atoms with Crippen LogP contribution in [0.2, 0.25) is 5.02 Å². The average molecular weight is 244 g/mol. The van der Waals surface area contributed by atoms with E-state index in [4.69, 9.17) is 11.6 Å². The minimum Gasteiger partial charge on any atom is -0.307 e. The van der Waals surface area contributed by atoms with Crippen molar-refractivity contribution in [3.8, 4) is 0 Å². The van der Waals surface area contributed by atoms with E-state index in [2.05, 4.69) is 5.32 Å². The van der Waals surface area contributed by atoms with Gasteiger partial charge in [-0.1, -0.05) is 25.4 Å². The van der Waals surface area contributed by atoms with Gasteiger partial charge in [-0.05, 0) is 24.6 Å². The molecule has 0 spiro atoms. The van der Waals surface area contributed by atoms with Crippen LogP contribution in [0.25, 0.3) is 0 Å². The van der Waals surface area contributed by atoms with Crippen LogP contribution in [0.4, 0.5) is 4.39 Å². The highest BCUT2D eigenvalue weighted by molar-refractivity contribution is 6.34. The predicted octanol–water partition coefficient (Wildman–Crippen LogP) is 2.97. The third-order valence-corrected chi connectivity index (χ3v) is 2.53. The molecule has 1 N–H and O–H groups in total. The van der Waals surface area contributed by atoms with Gasteiger partial charge in [0.2, 0.25) is 0 Å². The Labute approximate surface area is 99.8 Å². The van der Waals surface area contributed by atoms with Crippen LogP contribution in [0.15, 0.2) is 12.1 Å². The lowest BCUT2D eigenvalue weighted by Gasteiger charge is -2.09. The number of hydrogen-bond acceptors (Lipinski definition) is 2. The number of aryl methyl sites for hydroxylation is 1. The van der Waals surface area contributed by atoms with E-state index in [9.17, 15) is 9.18 Å². The fraction of sp³-hybridized carbons (Fsp3) is 0.417. The molecule has 0 aliphatic carbocycles. The maximum absolute atomic E-state index is 13.3. The number of rotatable bonds is 4. The van der Waals surface area contributed by atoms with Crippen molar-refractivity contribution in [2.45, 2.75) is 26.8 Å². The van der Waals surface area contributed by atoms with Gasteiger partial charge in [0.1, 0.15) is 5.82 Å². The van der Waals surface area contributed by atoms with E-state index in [1.54, 1.807) is 6.92 Å². The Morgan fingerprint density at radius 3 is 2.69 bits per heavy atom. The molecule has 1 aromatic carbocycles. The molecular formula is C12H15ClFNO. The molecule has 0 unspecified atom stereocenters. The van der Waals surface area contributed by atoms with Gasteiger partial charge in [-0.25, -0.2) is 4.39 Å². The summed E-state index contributed by atoms with van der Waals surface area (Å²) in [5.74, 6) is -0.602. The topological polar surface area (TPSA) is 29.1 Å². The number of Topliss-reactive ketones (excluding diaryl/α,β-unsaturated/α-hetero) is 1. The summed E-state index contributed by atoms with van der Waals surface area (Å²) in [5, 5.41) is 3.27. The molecule has 0 radical (unpaired) electrons. The smallest absolute Gasteiger partial charge is 0.178 e. The largest absolute Gasteiger partial charge is 0.307 e. The minimum absolute atomic E-state index is 0.167. The molecule has 0 atom stereocenters. The van der Waals surface area contributed by atoms with E-state index in [1.165, 1.54) is 12.1 Å². The van der Waals surface area contributed by atoms with Crippen molar-refractivity contribution in [1.29, 1.82) is 0 Å². The van der Waals surface area contributed by atoms with Gasteiger partial charge in [-0.15, -0.1) is 0 Å². The minimum atomic E-state index is -0.405. The van der Waals surface area contributed by atoms with Gasteiger partial charge in [0.05, 0.1) is 11.6 Å². The van der Waals surface area contributed by atoms with Gasteiger partial charge in [0, 0.05) is 11.6 Å². The van der Waals surface area contributed by atoms with Crippen molar-refractivity contribution in [3.05, 3.63) is 34.1 Å². The lowest BCUT2D eigenvalue weighted by molar-refractivity contribution is 0.0988. The molecule has 2 nitrogen and oxygen atoms in total. The van der Waals surface area contributed by atoms with Crippen LogP contribution >= 0.6 is 11.6 Å². The molecule has 0 saturated heterocycles. The lowest BCUT2D eigenvalue weighted by Crippen LogP contribution is -2.29. The van der Waals surface area contributed by atoms with E-state index in [-0.39, 0.29) is 23.9 Å². The molecular weight excluding hydrogens is 229 g/mol. The van der Waals surface area contributed by atoms with Gasteiger partial charge < -0.3 is 5.32 Å². The molecule has 0 amide bonds. The normalized spacial score (nSPS) is 10.9. The van der Waals surface area contributed by atoms with E-state index in [1.807, 2.05) is 13.8 Å². The Balaban J connectivity index is 2.87. The Morgan fingerprint density at radius 1 is 1.50 bits per heavy atom. The van der Waals surface area contributed by atoms with Crippen LogP contribution in [0.1, 0.15) is 29.8 Å². The second-order valence-electron chi connectivity index (χ2n) is 4.04. The Bertz CT molecular complexity index is 404. The van der Waals surface area contributed by atoms with Gasteiger partial charge in [0.25, 0.3) is 0 Å². The molecule has 1 aromatic rings. The Kier molecular flexibility index (Phi) is 4.44. The number of carbonyl (C=O) groups excluding carboxylic acids is 1. The summed E-state index contributed by atoms with van der Waals surface area (Å²) in [6.45, 7) is 5.65. The highest BCUT2D eigenvalue weighted by atomic mass is 35.5. The fourth-order valence-corrected chi connectivity index (χ4v) is 1.58.